The molecule has 1 aromatic rings. The molecule has 9 nitrogen and oxygen atoms in total. The highest BCUT2D eigenvalue weighted by atomic mass is 16.5. The van der Waals surface area contributed by atoms with Crippen molar-refractivity contribution in [1.82, 2.24) is 14.7 Å². The fourth-order valence-corrected chi connectivity index (χ4v) is 3.94. The molecule has 0 spiro atoms. The Morgan fingerprint density at radius 1 is 1.00 bits per heavy atom. The minimum atomic E-state index is -0.559. The van der Waals surface area contributed by atoms with Crippen LogP contribution in [-0.2, 0) is 9.59 Å². The molecule has 2 aliphatic heterocycles. The zero-order chi connectivity index (χ0) is 21.5. The highest BCUT2D eigenvalue weighted by Gasteiger charge is 2.55. The maximum absolute atomic E-state index is 13.4. The lowest BCUT2D eigenvalue weighted by Crippen LogP contribution is -2.51. The quantitative estimate of drug-likeness (QED) is 0.654. The van der Waals surface area contributed by atoms with Crippen LogP contribution in [0.15, 0.2) is 23.9 Å². The van der Waals surface area contributed by atoms with Crippen molar-refractivity contribution in [3.63, 3.8) is 0 Å². The molecule has 2 saturated heterocycles. The van der Waals surface area contributed by atoms with E-state index in [1.807, 2.05) is 38.0 Å². The summed E-state index contributed by atoms with van der Waals surface area (Å²) in [5, 5.41) is 0. The molecule has 0 N–H and O–H groups in total. The molecule has 29 heavy (non-hydrogen) atoms. The fraction of sp³-hybridized carbons (Fsp3) is 0.500. The summed E-state index contributed by atoms with van der Waals surface area (Å²) in [6, 6.07) is 2.90. The van der Waals surface area contributed by atoms with Crippen LogP contribution in [0.5, 0.6) is 17.2 Å². The Morgan fingerprint density at radius 3 is 2.03 bits per heavy atom. The van der Waals surface area contributed by atoms with E-state index in [9.17, 15) is 9.59 Å². The van der Waals surface area contributed by atoms with Gasteiger partial charge < -0.3 is 19.1 Å². The lowest BCUT2D eigenvalue weighted by atomic mass is 10.1. The van der Waals surface area contributed by atoms with Gasteiger partial charge in [-0.25, -0.2) is 0 Å². The Kier molecular flexibility index (Phi) is 5.61. The van der Waals surface area contributed by atoms with Crippen molar-refractivity contribution in [1.29, 1.82) is 0 Å². The summed E-state index contributed by atoms with van der Waals surface area (Å²) < 4.78 is 16.2. The lowest BCUT2D eigenvalue weighted by Gasteiger charge is -2.34. The van der Waals surface area contributed by atoms with E-state index in [-0.39, 0.29) is 11.8 Å². The van der Waals surface area contributed by atoms with Crippen LogP contribution in [-0.4, -0.2) is 88.4 Å². The van der Waals surface area contributed by atoms with Crippen molar-refractivity contribution in [2.24, 2.45) is 0 Å². The first-order chi connectivity index (χ1) is 13.7. The smallest absolute Gasteiger partial charge is 0.254 e. The van der Waals surface area contributed by atoms with Crippen molar-refractivity contribution in [3.8, 4) is 17.2 Å². The second-order valence-corrected chi connectivity index (χ2v) is 7.45. The molecule has 0 saturated carbocycles. The number of benzene rings is 1. The van der Waals surface area contributed by atoms with E-state index >= 15 is 0 Å². The third-order valence-corrected chi connectivity index (χ3v) is 5.06. The van der Waals surface area contributed by atoms with E-state index in [1.54, 1.807) is 28.1 Å². The highest BCUT2D eigenvalue weighted by molar-refractivity contribution is 6.10. The molecule has 2 aliphatic rings. The highest BCUT2D eigenvalue weighted by Crippen LogP contribution is 2.44. The van der Waals surface area contributed by atoms with Crippen LogP contribution in [0.4, 0.5) is 5.69 Å². The van der Waals surface area contributed by atoms with Crippen LogP contribution in [0, 0.1) is 0 Å². The predicted octanol–water partition coefficient (Wildman–Crippen LogP) is 0.951. The van der Waals surface area contributed by atoms with Gasteiger partial charge in [-0.05, 0) is 14.1 Å². The number of rotatable bonds is 6. The molecule has 3 rings (SSSR count). The third kappa shape index (κ3) is 3.35. The Morgan fingerprint density at radius 2 is 1.59 bits per heavy atom. The number of nitrogens with zero attached hydrogens (tertiary/aromatic N) is 4. The summed E-state index contributed by atoms with van der Waals surface area (Å²) in [7, 11) is 12.0. The molecule has 158 valence electrons. The zero-order valence-corrected chi connectivity index (χ0v) is 17.9. The van der Waals surface area contributed by atoms with E-state index < -0.39 is 12.3 Å². The molecule has 1 unspecified atom stereocenters. The van der Waals surface area contributed by atoms with E-state index in [0.29, 0.717) is 34.9 Å². The first-order valence-corrected chi connectivity index (χ1v) is 9.24. The van der Waals surface area contributed by atoms with E-state index in [4.69, 9.17) is 14.2 Å². The minimum Gasteiger partial charge on any atom is -0.493 e. The molecule has 2 amide bonds. The van der Waals surface area contributed by atoms with E-state index in [1.165, 1.54) is 21.3 Å². The number of amides is 2. The minimum absolute atomic E-state index is 0.134. The van der Waals surface area contributed by atoms with Crippen LogP contribution in [0.3, 0.4) is 0 Å². The summed E-state index contributed by atoms with van der Waals surface area (Å²) in [6.45, 7) is 0. The number of carbonyl (C=O) groups excluding carboxylic acids is 2. The van der Waals surface area contributed by atoms with Gasteiger partial charge in [0.05, 0.1) is 27.0 Å². The van der Waals surface area contributed by atoms with Crippen molar-refractivity contribution < 1.29 is 23.8 Å². The Balaban J connectivity index is 2.08. The fourth-order valence-electron chi connectivity index (χ4n) is 3.94. The van der Waals surface area contributed by atoms with Crippen molar-refractivity contribution in [2.45, 2.75) is 18.8 Å². The van der Waals surface area contributed by atoms with Gasteiger partial charge in [0.15, 0.2) is 17.8 Å². The lowest BCUT2D eigenvalue weighted by molar-refractivity contribution is -0.131. The number of methoxy groups -OCH3 is 3. The van der Waals surface area contributed by atoms with Gasteiger partial charge in [0.2, 0.25) is 5.75 Å². The molecule has 2 fully saturated rings. The number of hydrogen-bond donors (Lipinski definition) is 0. The summed E-state index contributed by atoms with van der Waals surface area (Å²) in [5.41, 5.74) is 1.20. The topological polar surface area (TPSA) is 74.8 Å². The maximum Gasteiger partial charge on any atom is 0.254 e. The molecule has 1 aromatic carbocycles. The Labute approximate surface area is 171 Å². The van der Waals surface area contributed by atoms with Gasteiger partial charge in [-0.3, -0.25) is 24.3 Å². The summed E-state index contributed by atoms with van der Waals surface area (Å²) >= 11 is 0. The molecule has 0 bridgehead atoms. The van der Waals surface area contributed by atoms with Gasteiger partial charge in [0.25, 0.3) is 11.8 Å². The molecular formula is C20H28N4O5. The Bertz CT molecular complexity index is 826. The molecular weight excluding hydrogens is 376 g/mol. The number of hydrogen-bond acceptors (Lipinski definition) is 7. The van der Waals surface area contributed by atoms with Gasteiger partial charge in [-0.2, -0.15) is 0 Å². The molecule has 2 atom stereocenters. The van der Waals surface area contributed by atoms with Gasteiger partial charge in [-0.15, -0.1) is 0 Å². The number of fused-ring (bicyclic) bond motifs is 1. The monoisotopic (exact) mass is 404 g/mol. The Hall–Kier alpha value is -2.94. The van der Waals surface area contributed by atoms with Crippen LogP contribution < -0.4 is 19.1 Å². The van der Waals surface area contributed by atoms with Crippen molar-refractivity contribution in [2.75, 3.05) is 54.4 Å². The van der Waals surface area contributed by atoms with E-state index in [2.05, 4.69) is 0 Å². The van der Waals surface area contributed by atoms with Crippen LogP contribution in [0.25, 0.3) is 0 Å². The van der Waals surface area contributed by atoms with Crippen LogP contribution in [0.1, 0.15) is 6.42 Å². The standard InChI is InChI=1S/C20H28N4O5/c1-21(2)11-12-8-14-19(26)23(20(22(3)4)24(14)18(12)25)13-9-15(27-5)17(29-7)16(10-13)28-6/h9-11,14,20H,8H2,1-7H3/b12-11+/t14-,20?/m0/s1. The summed E-state index contributed by atoms with van der Waals surface area (Å²) in [6.07, 6.45) is 1.60. The molecule has 9 heteroatoms. The predicted molar refractivity (Wildman–Crippen MR) is 108 cm³/mol. The van der Waals surface area contributed by atoms with E-state index in [0.717, 1.165) is 0 Å². The average molecular weight is 404 g/mol. The van der Waals surface area contributed by atoms with Crippen molar-refractivity contribution >= 4 is 17.5 Å². The third-order valence-electron chi connectivity index (χ3n) is 5.06. The second kappa shape index (κ2) is 7.82. The molecule has 0 aromatic heterocycles. The second-order valence-electron chi connectivity index (χ2n) is 7.45. The molecule has 0 radical (unpaired) electrons. The first-order valence-electron chi connectivity index (χ1n) is 9.24. The number of ether oxygens (including phenoxy) is 3. The van der Waals surface area contributed by atoms with Gasteiger partial charge in [-0.1, -0.05) is 0 Å². The maximum atomic E-state index is 13.4. The van der Waals surface area contributed by atoms with Gasteiger partial charge >= 0.3 is 0 Å². The van der Waals surface area contributed by atoms with Gasteiger partial charge in [0.1, 0.15) is 6.04 Å². The van der Waals surface area contributed by atoms with Crippen molar-refractivity contribution in [3.05, 3.63) is 23.9 Å². The van der Waals surface area contributed by atoms with Crippen LogP contribution >= 0.6 is 0 Å². The SMILES string of the molecule is COc1cc(N2C(=O)[C@@H]3C/C(=C\N(C)C)C(=O)N3C2N(C)C)cc(OC)c1OC. The largest absolute Gasteiger partial charge is 0.493 e. The van der Waals surface area contributed by atoms with Gasteiger partial charge in [0, 0.05) is 44.4 Å². The molecule has 0 aliphatic carbocycles. The summed E-state index contributed by atoms with van der Waals surface area (Å²) in [5.74, 6) is 1.05. The first kappa shape index (κ1) is 20.8. The number of anilines is 1. The van der Waals surface area contributed by atoms with Crippen LogP contribution in [0.2, 0.25) is 0 Å². The molecule has 2 heterocycles. The normalized spacial score (nSPS) is 22.6. The zero-order valence-electron chi connectivity index (χ0n) is 17.9. The average Bonchev–Trinajstić information content (AvgIpc) is 3.14. The summed E-state index contributed by atoms with van der Waals surface area (Å²) in [4.78, 5) is 33.4. The number of carbonyl (C=O) groups is 2.